The quantitative estimate of drug-likeness (QED) is 0.365. The van der Waals surface area contributed by atoms with E-state index in [0.717, 1.165) is 80.8 Å². The number of carbonyl (C=O) groups is 1. The average Bonchev–Trinajstić information content (AvgIpc) is 3.38. The van der Waals surface area contributed by atoms with E-state index in [1.54, 1.807) is 21.3 Å². The van der Waals surface area contributed by atoms with Crippen LogP contribution in [-0.2, 0) is 18.4 Å². The van der Waals surface area contributed by atoms with Gasteiger partial charge in [-0.3, -0.25) is 9.69 Å². The summed E-state index contributed by atoms with van der Waals surface area (Å²) in [7, 11) is 4.93. The number of hydrogen-bond acceptors (Lipinski definition) is 7. The molecule has 7 nitrogen and oxygen atoms in total. The minimum Gasteiger partial charge on any atom is -0.493 e. The van der Waals surface area contributed by atoms with Gasteiger partial charge in [-0.25, -0.2) is 0 Å². The van der Waals surface area contributed by atoms with E-state index in [1.165, 1.54) is 11.1 Å². The maximum absolute atomic E-state index is 13.0. The van der Waals surface area contributed by atoms with Crippen LogP contribution in [0.4, 0.5) is 0 Å². The zero-order valence-corrected chi connectivity index (χ0v) is 23.2. The Balaban J connectivity index is 1.06. The molecule has 208 valence electrons. The highest BCUT2D eigenvalue weighted by Crippen LogP contribution is 2.55. The van der Waals surface area contributed by atoms with Crippen LogP contribution >= 0.6 is 0 Å². The first-order chi connectivity index (χ1) is 19.0. The highest BCUT2D eigenvalue weighted by Gasteiger charge is 2.52. The molecule has 39 heavy (non-hydrogen) atoms. The summed E-state index contributed by atoms with van der Waals surface area (Å²) in [6, 6.07) is 8.01. The van der Waals surface area contributed by atoms with E-state index in [-0.39, 0.29) is 23.2 Å². The Bertz CT molecular complexity index is 1290. The van der Waals surface area contributed by atoms with E-state index in [2.05, 4.69) is 17.0 Å². The minimum absolute atomic E-state index is 0.0540. The normalized spacial score (nSPS) is 26.9. The lowest BCUT2D eigenvalue weighted by atomic mass is 9.69. The Labute approximate surface area is 230 Å². The topological polar surface area (TPSA) is 77.5 Å². The highest BCUT2D eigenvalue weighted by atomic mass is 16.5. The van der Waals surface area contributed by atoms with Crippen LogP contribution in [0.3, 0.4) is 0 Å². The summed E-state index contributed by atoms with van der Waals surface area (Å²) in [5, 5.41) is 10.3. The predicted molar refractivity (Wildman–Crippen MR) is 148 cm³/mol. The second kappa shape index (κ2) is 10.5. The molecular weight excluding hydrogens is 494 g/mol. The molecule has 1 unspecified atom stereocenters. The fraction of sp³-hybridized carbons (Fsp3) is 0.531. The van der Waals surface area contributed by atoms with Gasteiger partial charge in [0.1, 0.15) is 6.10 Å². The smallest absolute Gasteiger partial charge is 0.166 e. The molecule has 0 fully saturated rings. The molecule has 4 aliphatic rings. The highest BCUT2D eigenvalue weighted by molar-refractivity contribution is 6.02. The van der Waals surface area contributed by atoms with Crippen LogP contribution in [0.2, 0.25) is 0 Å². The Morgan fingerprint density at radius 2 is 1.82 bits per heavy atom. The minimum atomic E-state index is -0.465. The van der Waals surface area contributed by atoms with Crippen molar-refractivity contribution in [3.63, 3.8) is 0 Å². The fourth-order valence-electron chi connectivity index (χ4n) is 7.22. The first-order valence-corrected chi connectivity index (χ1v) is 14.2. The molecular formula is C32H39NO6. The third-order valence-electron chi connectivity index (χ3n) is 9.27. The largest absolute Gasteiger partial charge is 0.493 e. The monoisotopic (exact) mass is 533 g/mol. The average molecular weight is 534 g/mol. The van der Waals surface area contributed by atoms with Gasteiger partial charge in [-0.05, 0) is 68.1 Å². The van der Waals surface area contributed by atoms with Crippen molar-refractivity contribution in [1.82, 2.24) is 4.90 Å². The third-order valence-corrected chi connectivity index (χ3v) is 9.27. The molecule has 2 aliphatic heterocycles. The second-order valence-corrected chi connectivity index (χ2v) is 11.4. The molecule has 2 heterocycles. The molecule has 2 aromatic carbocycles. The SMILES string of the molecule is COc1cc2c(cc1OC)C(=O)C(CCCCCN1CC[C@@]34C=C[C@H](O)C[C@@H]3Oc3c(OC)ccc(c34)C1)C2. The molecule has 1 N–H and O–H groups in total. The van der Waals surface area contributed by atoms with Gasteiger partial charge in [0.2, 0.25) is 0 Å². The maximum atomic E-state index is 13.0. The molecule has 0 saturated heterocycles. The molecule has 2 aliphatic carbocycles. The van der Waals surface area contributed by atoms with E-state index in [9.17, 15) is 9.90 Å². The van der Waals surface area contributed by atoms with Crippen LogP contribution in [0.1, 0.15) is 65.6 Å². The van der Waals surface area contributed by atoms with Gasteiger partial charge in [0, 0.05) is 30.0 Å². The van der Waals surface area contributed by atoms with Gasteiger partial charge >= 0.3 is 0 Å². The van der Waals surface area contributed by atoms with Crippen molar-refractivity contribution in [3.05, 3.63) is 58.7 Å². The second-order valence-electron chi connectivity index (χ2n) is 11.4. The van der Waals surface area contributed by atoms with E-state index < -0.39 is 6.10 Å². The lowest BCUT2D eigenvalue weighted by Gasteiger charge is -2.35. The summed E-state index contributed by atoms with van der Waals surface area (Å²) < 4.78 is 22.9. The summed E-state index contributed by atoms with van der Waals surface area (Å²) in [6.45, 7) is 2.90. The Kier molecular flexibility index (Phi) is 7.06. The predicted octanol–water partition coefficient (Wildman–Crippen LogP) is 4.85. The molecule has 6 rings (SSSR count). The van der Waals surface area contributed by atoms with Gasteiger partial charge < -0.3 is 24.1 Å². The Hall–Kier alpha value is -3.03. The number of benzene rings is 2. The molecule has 0 saturated carbocycles. The van der Waals surface area contributed by atoms with Gasteiger partial charge in [-0.1, -0.05) is 31.1 Å². The van der Waals surface area contributed by atoms with Crippen LogP contribution in [0, 0.1) is 5.92 Å². The summed E-state index contributed by atoms with van der Waals surface area (Å²) >= 11 is 0. The van der Waals surface area contributed by atoms with Crippen molar-refractivity contribution in [2.45, 2.75) is 69.1 Å². The maximum Gasteiger partial charge on any atom is 0.166 e. The Morgan fingerprint density at radius 1 is 1.03 bits per heavy atom. The van der Waals surface area contributed by atoms with Crippen molar-refractivity contribution < 1.29 is 28.8 Å². The summed E-state index contributed by atoms with van der Waals surface area (Å²) in [6.07, 6.45) is 10.2. The van der Waals surface area contributed by atoms with Crippen molar-refractivity contribution in [2.75, 3.05) is 34.4 Å². The van der Waals surface area contributed by atoms with Gasteiger partial charge in [0.25, 0.3) is 0 Å². The van der Waals surface area contributed by atoms with Crippen molar-refractivity contribution in [2.24, 2.45) is 5.92 Å². The third kappa shape index (κ3) is 4.49. The number of rotatable bonds is 9. The number of hydrogen-bond donors (Lipinski definition) is 1. The number of methoxy groups -OCH3 is 3. The van der Waals surface area contributed by atoms with Crippen LogP contribution < -0.4 is 18.9 Å². The number of fused-ring (bicyclic) bond motifs is 1. The Morgan fingerprint density at radius 3 is 2.62 bits per heavy atom. The fourth-order valence-corrected chi connectivity index (χ4v) is 7.22. The van der Waals surface area contributed by atoms with E-state index >= 15 is 0 Å². The molecule has 0 aromatic heterocycles. The summed E-state index contributed by atoms with van der Waals surface area (Å²) in [5.41, 5.74) is 4.22. The molecule has 2 aromatic rings. The van der Waals surface area contributed by atoms with Crippen LogP contribution in [0.5, 0.6) is 23.0 Å². The molecule has 0 bridgehead atoms. The summed E-state index contributed by atoms with van der Waals surface area (Å²) in [4.78, 5) is 15.6. The van der Waals surface area contributed by atoms with Gasteiger partial charge in [-0.15, -0.1) is 0 Å². The standard InChI is InChI=1S/C32H39NO6/c1-36-25-9-8-21-19-33(14-12-32-11-10-23(34)17-28(32)39-31(25)29(21)32)13-6-4-5-7-20-15-22-16-26(37-2)27(38-3)18-24(22)30(20)35/h8-11,16,18,20,23,28,34H,4-7,12-15,17,19H2,1-3H3/t20?,23-,28-,32-/m0/s1. The zero-order valence-electron chi connectivity index (χ0n) is 23.2. The van der Waals surface area contributed by atoms with E-state index in [1.807, 2.05) is 24.3 Å². The van der Waals surface area contributed by atoms with Crippen molar-refractivity contribution >= 4 is 5.78 Å². The van der Waals surface area contributed by atoms with Crippen LogP contribution in [-0.4, -0.2) is 62.4 Å². The van der Waals surface area contributed by atoms with Crippen molar-refractivity contribution in [1.29, 1.82) is 0 Å². The number of nitrogens with zero attached hydrogens (tertiary/aromatic N) is 1. The van der Waals surface area contributed by atoms with Gasteiger partial charge in [0.05, 0.1) is 32.8 Å². The molecule has 4 atom stereocenters. The number of ether oxygens (including phenoxy) is 4. The van der Waals surface area contributed by atoms with Gasteiger partial charge in [-0.2, -0.15) is 0 Å². The summed E-state index contributed by atoms with van der Waals surface area (Å²) in [5.74, 6) is 3.24. The van der Waals surface area contributed by atoms with Gasteiger partial charge in [0.15, 0.2) is 28.8 Å². The zero-order chi connectivity index (χ0) is 27.1. The van der Waals surface area contributed by atoms with E-state index in [0.29, 0.717) is 17.9 Å². The molecule has 0 radical (unpaired) electrons. The molecule has 7 heteroatoms. The van der Waals surface area contributed by atoms with Crippen molar-refractivity contribution in [3.8, 4) is 23.0 Å². The first kappa shape index (κ1) is 26.2. The number of unbranched alkanes of at least 4 members (excludes halogenated alkanes) is 2. The molecule has 0 amide bonds. The number of aliphatic hydroxyl groups is 1. The molecule has 1 spiro atoms. The number of carbonyl (C=O) groups excluding carboxylic acids is 1. The lowest BCUT2D eigenvalue weighted by molar-refractivity contribution is 0.0808. The van der Waals surface area contributed by atoms with E-state index in [4.69, 9.17) is 18.9 Å². The number of aliphatic hydroxyl groups excluding tert-OH is 1. The number of ketones is 1. The van der Waals surface area contributed by atoms with Crippen LogP contribution in [0.25, 0.3) is 0 Å². The lowest BCUT2D eigenvalue weighted by Crippen LogP contribution is -2.43. The van der Waals surface area contributed by atoms with Crippen LogP contribution in [0.15, 0.2) is 36.4 Å². The number of Topliss-reactive ketones (excluding diaryl/α,β-unsaturated/α-hetero) is 1. The first-order valence-electron chi connectivity index (χ1n) is 14.2.